The van der Waals surface area contributed by atoms with Crippen molar-refractivity contribution in [1.29, 1.82) is 0 Å². The van der Waals surface area contributed by atoms with Crippen molar-refractivity contribution in [3.8, 4) is 11.1 Å². The first-order chi connectivity index (χ1) is 14.6. The Bertz CT molecular complexity index is 1120. The first-order valence-corrected chi connectivity index (χ1v) is 10.7. The summed E-state index contributed by atoms with van der Waals surface area (Å²) >= 11 is 1.60. The Labute approximate surface area is 181 Å². The molecule has 0 aliphatic rings. The van der Waals surface area contributed by atoms with Gasteiger partial charge in [-0.3, -0.25) is 9.71 Å². The van der Waals surface area contributed by atoms with Gasteiger partial charge in [0.2, 0.25) is 0 Å². The van der Waals surface area contributed by atoms with Crippen LogP contribution in [0.25, 0.3) is 22.0 Å². The molecule has 0 fully saturated rings. The normalized spacial score (nSPS) is 11.5. The van der Waals surface area contributed by atoms with Crippen LogP contribution in [0.15, 0.2) is 73.2 Å². The maximum Gasteiger partial charge on any atom is 0.123 e. The second-order valence-electron chi connectivity index (χ2n) is 7.43. The minimum absolute atomic E-state index is 0.202. The van der Waals surface area contributed by atoms with Crippen molar-refractivity contribution in [3.63, 3.8) is 0 Å². The van der Waals surface area contributed by atoms with Crippen molar-refractivity contribution in [2.75, 3.05) is 20.6 Å². The van der Waals surface area contributed by atoms with Crippen LogP contribution in [-0.2, 0) is 13.0 Å². The number of aromatic nitrogens is 2. The van der Waals surface area contributed by atoms with Gasteiger partial charge in [-0.25, -0.2) is 8.70 Å². The molecule has 0 saturated heterocycles. The van der Waals surface area contributed by atoms with Crippen molar-refractivity contribution >= 4 is 23.0 Å². The van der Waals surface area contributed by atoms with Crippen LogP contribution >= 0.6 is 12.1 Å². The Balaban J connectivity index is 1.69. The number of fused-ring (bicyclic) bond motifs is 1. The maximum atomic E-state index is 13.7. The molecule has 0 spiro atoms. The largest absolute Gasteiger partial charge is 0.343 e. The molecule has 30 heavy (non-hydrogen) atoms. The van der Waals surface area contributed by atoms with Gasteiger partial charge in [0.05, 0.1) is 0 Å². The van der Waals surface area contributed by atoms with Crippen LogP contribution < -0.4 is 4.72 Å². The van der Waals surface area contributed by atoms with E-state index >= 15 is 0 Å². The van der Waals surface area contributed by atoms with E-state index < -0.39 is 0 Å². The summed E-state index contributed by atoms with van der Waals surface area (Å²) in [5, 5.41) is 1.24. The average molecular weight is 421 g/mol. The highest BCUT2D eigenvalue weighted by Gasteiger charge is 2.11. The monoisotopic (exact) mass is 420 g/mol. The number of halogens is 1. The molecule has 154 valence electrons. The lowest BCUT2D eigenvalue weighted by Crippen LogP contribution is -2.15. The molecule has 4 nitrogen and oxygen atoms in total. The first kappa shape index (κ1) is 20.6. The van der Waals surface area contributed by atoms with Gasteiger partial charge in [0.15, 0.2) is 0 Å². The fourth-order valence-corrected chi connectivity index (χ4v) is 4.07. The zero-order valence-electron chi connectivity index (χ0n) is 17.2. The Morgan fingerprint density at radius 1 is 1.03 bits per heavy atom. The van der Waals surface area contributed by atoms with Crippen LogP contribution in [0.3, 0.4) is 0 Å². The van der Waals surface area contributed by atoms with Gasteiger partial charge >= 0.3 is 0 Å². The zero-order chi connectivity index (χ0) is 20.9. The number of benzene rings is 2. The SMILES string of the molecule is CN(C)SNCCc1cn(Cc2cccc(F)c2)c2cc(-c3ccncc3)ccc12. The van der Waals surface area contributed by atoms with Crippen molar-refractivity contribution in [3.05, 3.63) is 90.1 Å². The van der Waals surface area contributed by atoms with Crippen LogP contribution in [0.1, 0.15) is 11.1 Å². The van der Waals surface area contributed by atoms with E-state index in [0.29, 0.717) is 6.54 Å². The predicted octanol–water partition coefficient (Wildman–Crippen LogP) is 5.15. The molecule has 0 aliphatic carbocycles. The molecule has 0 amide bonds. The Morgan fingerprint density at radius 3 is 2.63 bits per heavy atom. The standard InChI is InChI=1S/C24H25FN4S/c1-28(2)30-27-13-10-21-17-29(16-18-4-3-5-22(25)14-18)24-15-20(6-7-23(21)24)19-8-11-26-12-9-19/h3-9,11-12,14-15,17,27H,10,13,16H2,1-2H3. The van der Waals surface area contributed by atoms with Crippen LogP contribution in [0.4, 0.5) is 4.39 Å². The lowest BCUT2D eigenvalue weighted by atomic mass is 10.0. The van der Waals surface area contributed by atoms with Gasteiger partial charge in [0.1, 0.15) is 5.82 Å². The number of rotatable bonds is 8. The van der Waals surface area contributed by atoms with Crippen molar-refractivity contribution in [2.45, 2.75) is 13.0 Å². The van der Waals surface area contributed by atoms with E-state index in [9.17, 15) is 4.39 Å². The third-order valence-corrected chi connectivity index (χ3v) is 5.66. The quantitative estimate of drug-likeness (QED) is 0.316. The van der Waals surface area contributed by atoms with Gasteiger partial charge in [-0.05, 0) is 73.1 Å². The minimum atomic E-state index is -0.202. The van der Waals surface area contributed by atoms with E-state index in [1.165, 1.54) is 17.0 Å². The number of pyridine rings is 1. The molecule has 2 aromatic carbocycles. The van der Waals surface area contributed by atoms with Crippen molar-refractivity contribution in [1.82, 2.24) is 18.6 Å². The van der Waals surface area contributed by atoms with Gasteiger partial charge in [-0.15, -0.1) is 0 Å². The molecule has 2 heterocycles. The van der Waals surface area contributed by atoms with Crippen LogP contribution in [0, 0.1) is 5.82 Å². The van der Waals surface area contributed by atoms with Gasteiger partial charge in [0, 0.05) is 54.7 Å². The highest BCUT2D eigenvalue weighted by Crippen LogP contribution is 2.28. The predicted molar refractivity (Wildman–Crippen MR) is 124 cm³/mol. The van der Waals surface area contributed by atoms with Gasteiger partial charge in [0.25, 0.3) is 0 Å². The second kappa shape index (κ2) is 9.43. The van der Waals surface area contributed by atoms with E-state index in [1.54, 1.807) is 24.3 Å². The third-order valence-electron chi connectivity index (χ3n) is 4.96. The van der Waals surface area contributed by atoms with E-state index in [4.69, 9.17) is 0 Å². The van der Waals surface area contributed by atoms with E-state index in [0.717, 1.165) is 35.2 Å². The molecule has 2 aromatic heterocycles. The summed E-state index contributed by atoms with van der Waals surface area (Å²) in [6.45, 7) is 1.50. The van der Waals surface area contributed by atoms with Gasteiger partial charge < -0.3 is 4.57 Å². The molecule has 4 aromatic rings. The number of hydrogen-bond acceptors (Lipinski definition) is 4. The molecule has 6 heteroatoms. The zero-order valence-corrected chi connectivity index (χ0v) is 18.0. The van der Waals surface area contributed by atoms with Crippen LogP contribution in [0.5, 0.6) is 0 Å². The van der Waals surface area contributed by atoms with Crippen LogP contribution in [-0.4, -0.2) is 34.5 Å². The van der Waals surface area contributed by atoms with E-state index in [2.05, 4.69) is 38.7 Å². The number of nitrogens with zero attached hydrogens (tertiary/aromatic N) is 3. The minimum Gasteiger partial charge on any atom is -0.343 e. The molecule has 1 N–H and O–H groups in total. The van der Waals surface area contributed by atoms with E-state index in [-0.39, 0.29) is 5.82 Å². The molecule has 0 atom stereocenters. The Kier molecular flexibility index (Phi) is 6.47. The summed E-state index contributed by atoms with van der Waals surface area (Å²) in [7, 11) is 4.03. The number of nitrogens with one attached hydrogen (secondary N) is 1. The number of hydrogen-bond donors (Lipinski definition) is 1. The Morgan fingerprint density at radius 2 is 1.87 bits per heavy atom. The Hall–Kier alpha value is -2.67. The molecule has 0 unspecified atom stereocenters. The molecular formula is C24H25FN4S. The molecule has 0 saturated carbocycles. The summed E-state index contributed by atoms with van der Waals surface area (Å²) in [6.07, 6.45) is 6.74. The third kappa shape index (κ3) is 4.90. The maximum absolute atomic E-state index is 13.7. The average Bonchev–Trinajstić information content (AvgIpc) is 3.08. The second-order valence-corrected chi connectivity index (χ2v) is 8.63. The highest BCUT2D eigenvalue weighted by atomic mass is 32.2. The summed E-state index contributed by atoms with van der Waals surface area (Å²) in [5.74, 6) is -0.202. The summed E-state index contributed by atoms with van der Waals surface area (Å²) in [5.41, 5.74) is 5.68. The first-order valence-electron chi connectivity index (χ1n) is 9.94. The lowest BCUT2D eigenvalue weighted by Gasteiger charge is -2.08. The van der Waals surface area contributed by atoms with Crippen molar-refractivity contribution < 1.29 is 4.39 Å². The van der Waals surface area contributed by atoms with Gasteiger partial charge in [-0.1, -0.05) is 24.3 Å². The van der Waals surface area contributed by atoms with Crippen LogP contribution in [0.2, 0.25) is 0 Å². The molecule has 4 rings (SSSR count). The summed E-state index contributed by atoms with van der Waals surface area (Å²) in [4.78, 5) is 4.12. The van der Waals surface area contributed by atoms with Crippen molar-refractivity contribution in [2.24, 2.45) is 0 Å². The fourth-order valence-electron chi connectivity index (χ4n) is 3.61. The molecule has 0 bridgehead atoms. The molecule has 0 aliphatic heterocycles. The summed E-state index contributed by atoms with van der Waals surface area (Å²) < 4.78 is 21.4. The summed E-state index contributed by atoms with van der Waals surface area (Å²) in [6, 6.07) is 17.4. The van der Waals surface area contributed by atoms with Gasteiger partial charge in [-0.2, -0.15) is 0 Å². The molecule has 0 radical (unpaired) electrons. The molecular weight excluding hydrogens is 395 g/mol. The highest BCUT2D eigenvalue weighted by molar-refractivity contribution is 7.95. The smallest absolute Gasteiger partial charge is 0.123 e. The fraction of sp³-hybridized carbons (Fsp3) is 0.208. The topological polar surface area (TPSA) is 33.1 Å². The van der Waals surface area contributed by atoms with E-state index in [1.807, 2.05) is 49.0 Å². The lowest BCUT2D eigenvalue weighted by molar-refractivity contribution is 0.624.